The normalized spacial score (nSPS) is 11.4. The second-order valence-corrected chi connectivity index (χ2v) is 8.09. The molecule has 160 valence electrons. The summed E-state index contributed by atoms with van der Waals surface area (Å²) in [5.41, 5.74) is 6.18. The van der Waals surface area contributed by atoms with E-state index in [1.807, 2.05) is 12.1 Å². The number of hydrogen-bond donors (Lipinski definition) is 1. The largest absolute Gasteiger partial charge is 0.493 e. The Morgan fingerprint density at radius 3 is 2.52 bits per heavy atom. The number of aromatic nitrogens is 1. The third kappa shape index (κ3) is 6.15. The van der Waals surface area contributed by atoms with Gasteiger partial charge in [-0.1, -0.05) is 45.0 Å². The van der Waals surface area contributed by atoms with Crippen LogP contribution in [-0.4, -0.2) is 24.2 Å². The highest BCUT2D eigenvalue weighted by Gasteiger charge is 2.13. The van der Waals surface area contributed by atoms with E-state index in [0.717, 1.165) is 11.1 Å². The van der Waals surface area contributed by atoms with Gasteiger partial charge in [-0.05, 0) is 52.4 Å². The highest BCUT2D eigenvalue weighted by molar-refractivity contribution is 5.94. The average molecular weight is 418 g/mol. The van der Waals surface area contributed by atoms with Gasteiger partial charge in [0.25, 0.3) is 5.91 Å². The van der Waals surface area contributed by atoms with Crippen LogP contribution in [0.4, 0.5) is 0 Å². The number of nitrogens with one attached hydrogen (secondary N) is 1. The lowest BCUT2D eigenvalue weighted by Gasteiger charge is -2.19. The van der Waals surface area contributed by atoms with E-state index in [-0.39, 0.29) is 11.3 Å². The van der Waals surface area contributed by atoms with Crippen molar-refractivity contribution in [1.29, 1.82) is 0 Å². The zero-order valence-corrected chi connectivity index (χ0v) is 18.3. The molecule has 6 nitrogen and oxygen atoms in total. The van der Waals surface area contributed by atoms with Gasteiger partial charge in [0.05, 0.1) is 18.9 Å². The fourth-order valence-corrected chi connectivity index (χ4v) is 2.87. The highest BCUT2D eigenvalue weighted by Crippen LogP contribution is 2.29. The van der Waals surface area contributed by atoms with Gasteiger partial charge in [-0.25, -0.2) is 5.43 Å². The number of hydrazone groups is 1. The van der Waals surface area contributed by atoms with Gasteiger partial charge in [0, 0.05) is 12.4 Å². The van der Waals surface area contributed by atoms with Crippen LogP contribution in [0.25, 0.3) is 0 Å². The number of rotatable bonds is 7. The molecule has 0 saturated carbocycles. The molecule has 1 heterocycles. The maximum absolute atomic E-state index is 12.0. The van der Waals surface area contributed by atoms with Crippen molar-refractivity contribution in [3.63, 3.8) is 0 Å². The fraction of sp³-hybridized carbons (Fsp3) is 0.240. The van der Waals surface area contributed by atoms with Crippen molar-refractivity contribution in [3.8, 4) is 11.5 Å². The van der Waals surface area contributed by atoms with Crippen molar-refractivity contribution >= 4 is 12.1 Å². The van der Waals surface area contributed by atoms with Gasteiger partial charge in [-0.3, -0.25) is 9.78 Å². The summed E-state index contributed by atoms with van der Waals surface area (Å²) in [4.78, 5) is 15.9. The molecule has 0 aliphatic heterocycles. The number of benzene rings is 2. The molecule has 0 radical (unpaired) electrons. The first-order valence-electron chi connectivity index (χ1n) is 10.0. The Bertz CT molecular complexity index is 1040. The van der Waals surface area contributed by atoms with Gasteiger partial charge < -0.3 is 9.47 Å². The summed E-state index contributed by atoms with van der Waals surface area (Å²) in [5, 5.41) is 4.00. The van der Waals surface area contributed by atoms with Gasteiger partial charge in [-0.15, -0.1) is 0 Å². The third-order valence-corrected chi connectivity index (χ3v) is 4.71. The van der Waals surface area contributed by atoms with E-state index in [9.17, 15) is 4.79 Å². The molecule has 3 rings (SSSR count). The Morgan fingerprint density at radius 1 is 1.10 bits per heavy atom. The number of carbonyl (C=O) groups is 1. The smallest absolute Gasteiger partial charge is 0.272 e. The van der Waals surface area contributed by atoms with E-state index in [0.29, 0.717) is 23.7 Å². The summed E-state index contributed by atoms with van der Waals surface area (Å²) in [5.74, 6) is 0.904. The number of ether oxygens (including phenoxy) is 2. The van der Waals surface area contributed by atoms with E-state index in [1.165, 1.54) is 11.8 Å². The van der Waals surface area contributed by atoms with Crippen LogP contribution in [0.5, 0.6) is 11.5 Å². The molecule has 0 bridgehead atoms. The summed E-state index contributed by atoms with van der Waals surface area (Å²) in [7, 11) is 1.59. The van der Waals surface area contributed by atoms with Crippen LogP contribution in [0.1, 0.15) is 47.8 Å². The maximum Gasteiger partial charge on any atom is 0.272 e. The van der Waals surface area contributed by atoms with Gasteiger partial charge in [0.1, 0.15) is 6.61 Å². The molecule has 0 unspecified atom stereocenters. The van der Waals surface area contributed by atoms with Crippen LogP contribution in [-0.2, 0) is 12.0 Å². The lowest BCUT2D eigenvalue weighted by Crippen LogP contribution is -2.17. The van der Waals surface area contributed by atoms with Gasteiger partial charge >= 0.3 is 0 Å². The van der Waals surface area contributed by atoms with Gasteiger partial charge in [0.15, 0.2) is 11.5 Å². The van der Waals surface area contributed by atoms with Crippen molar-refractivity contribution in [1.82, 2.24) is 10.4 Å². The van der Waals surface area contributed by atoms with E-state index in [2.05, 4.69) is 60.5 Å². The Hall–Kier alpha value is -3.67. The van der Waals surface area contributed by atoms with Crippen LogP contribution in [0.15, 0.2) is 72.1 Å². The van der Waals surface area contributed by atoms with E-state index in [1.54, 1.807) is 37.7 Å². The van der Waals surface area contributed by atoms with Crippen LogP contribution >= 0.6 is 0 Å². The van der Waals surface area contributed by atoms with Crippen LogP contribution in [0, 0.1) is 0 Å². The molecule has 2 aromatic carbocycles. The van der Waals surface area contributed by atoms with Crippen LogP contribution in [0.2, 0.25) is 0 Å². The Balaban J connectivity index is 1.61. The summed E-state index contributed by atoms with van der Waals surface area (Å²) in [6.07, 6.45) is 4.64. The third-order valence-electron chi connectivity index (χ3n) is 4.71. The Labute approximate surface area is 182 Å². The fourth-order valence-electron chi connectivity index (χ4n) is 2.87. The summed E-state index contributed by atoms with van der Waals surface area (Å²) in [6.45, 7) is 7.02. The first-order valence-corrected chi connectivity index (χ1v) is 10.0. The SMILES string of the molecule is COc1cc(/C=N\NC(=O)c2cccnc2)ccc1OCc1ccc(C(C)(C)C)cc1. The van der Waals surface area contributed by atoms with Gasteiger partial charge in [-0.2, -0.15) is 5.10 Å². The molecule has 0 saturated heterocycles. The molecule has 1 aromatic heterocycles. The number of nitrogens with zero attached hydrogens (tertiary/aromatic N) is 2. The standard InChI is InChI=1S/C25H27N3O3/c1-25(2,3)21-10-7-18(8-11-21)17-31-22-12-9-19(14-23(22)30-4)15-27-28-24(29)20-6-5-13-26-16-20/h5-16H,17H2,1-4H3,(H,28,29)/b27-15-. The second-order valence-electron chi connectivity index (χ2n) is 8.09. The predicted octanol–water partition coefficient (Wildman–Crippen LogP) is 4.73. The molecular weight excluding hydrogens is 390 g/mol. The zero-order valence-electron chi connectivity index (χ0n) is 18.3. The number of hydrogen-bond acceptors (Lipinski definition) is 5. The van der Waals surface area contributed by atoms with Crippen molar-refractivity contribution in [2.75, 3.05) is 7.11 Å². The minimum absolute atomic E-state index is 0.122. The topological polar surface area (TPSA) is 72.8 Å². The zero-order chi connectivity index (χ0) is 22.3. The number of amides is 1. The molecule has 0 fully saturated rings. The molecule has 0 aliphatic carbocycles. The second kappa shape index (κ2) is 9.89. The Morgan fingerprint density at radius 2 is 1.87 bits per heavy atom. The minimum atomic E-state index is -0.325. The quantitative estimate of drug-likeness (QED) is 0.446. The lowest BCUT2D eigenvalue weighted by molar-refractivity contribution is 0.0955. The number of pyridine rings is 1. The van der Waals surface area contributed by atoms with Gasteiger partial charge in [0.2, 0.25) is 0 Å². The average Bonchev–Trinajstić information content (AvgIpc) is 2.78. The molecule has 6 heteroatoms. The Kier molecular flexibility index (Phi) is 7.03. The monoisotopic (exact) mass is 417 g/mol. The van der Waals surface area contributed by atoms with E-state index < -0.39 is 0 Å². The molecule has 31 heavy (non-hydrogen) atoms. The van der Waals surface area contributed by atoms with E-state index >= 15 is 0 Å². The van der Waals surface area contributed by atoms with E-state index in [4.69, 9.17) is 9.47 Å². The molecule has 0 atom stereocenters. The summed E-state index contributed by atoms with van der Waals surface area (Å²) < 4.78 is 11.4. The number of carbonyl (C=O) groups excluding carboxylic acids is 1. The minimum Gasteiger partial charge on any atom is -0.493 e. The highest BCUT2D eigenvalue weighted by atomic mass is 16.5. The van der Waals surface area contributed by atoms with Crippen molar-refractivity contribution in [3.05, 3.63) is 89.2 Å². The molecule has 1 amide bonds. The first kappa shape index (κ1) is 22.0. The van der Waals surface area contributed by atoms with Crippen LogP contribution < -0.4 is 14.9 Å². The molecular formula is C25H27N3O3. The summed E-state index contributed by atoms with van der Waals surface area (Å²) in [6, 6.07) is 17.3. The molecule has 3 aromatic rings. The summed E-state index contributed by atoms with van der Waals surface area (Å²) >= 11 is 0. The molecule has 0 aliphatic rings. The predicted molar refractivity (Wildman–Crippen MR) is 122 cm³/mol. The lowest BCUT2D eigenvalue weighted by atomic mass is 9.87. The maximum atomic E-state index is 12.0. The molecule has 0 spiro atoms. The number of methoxy groups -OCH3 is 1. The van der Waals surface area contributed by atoms with Crippen molar-refractivity contribution in [2.24, 2.45) is 5.10 Å². The van der Waals surface area contributed by atoms with Crippen molar-refractivity contribution < 1.29 is 14.3 Å². The first-order chi connectivity index (χ1) is 14.9. The molecule has 1 N–H and O–H groups in total. The van der Waals surface area contributed by atoms with Crippen LogP contribution in [0.3, 0.4) is 0 Å². The van der Waals surface area contributed by atoms with Crippen molar-refractivity contribution in [2.45, 2.75) is 32.8 Å².